The molecule has 8 heteroatoms. The average Bonchev–Trinajstić information content (AvgIpc) is 2.83. The Kier molecular flexibility index (Phi) is 5.14. The van der Waals surface area contributed by atoms with Crippen molar-refractivity contribution < 1.29 is 17.7 Å². The van der Waals surface area contributed by atoms with E-state index in [0.29, 0.717) is 11.4 Å². The second-order valence-corrected chi connectivity index (χ2v) is 6.01. The molecule has 0 unspecified atom stereocenters. The number of hydrogen-bond acceptors (Lipinski definition) is 6. The molecule has 2 aromatic heterocycles. The second-order valence-electron chi connectivity index (χ2n) is 4.31. The van der Waals surface area contributed by atoms with Crippen LogP contribution in [0.25, 0.3) is 0 Å². The fraction of sp³-hybridized carbons (Fsp3) is 0.286. The quantitative estimate of drug-likeness (QED) is 0.827. The number of rotatable bonds is 5. The lowest BCUT2D eigenvalue weighted by Gasteiger charge is -2.02. The molecule has 2 heterocycles. The van der Waals surface area contributed by atoms with Crippen LogP contribution in [0.2, 0.25) is 0 Å². The van der Waals surface area contributed by atoms with Gasteiger partial charge < -0.3 is 9.26 Å². The Bertz CT molecular complexity index is 769. The van der Waals surface area contributed by atoms with Crippen LogP contribution >= 0.6 is 0 Å². The van der Waals surface area contributed by atoms with Gasteiger partial charge in [0.15, 0.2) is 5.76 Å². The Morgan fingerprint density at radius 1 is 1.36 bits per heavy atom. The molecule has 0 radical (unpaired) electrons. The zero-order valence-electron chi connectivity index (χ0n) is 12.2. The van der Waals surface area contributed by atoms with Crippen molar-refractivity contribution in [1.82, 2.24) is 14.9 Å². The van der Waals surface area contributed by atoms with Crippen LogP contribution in [0.5, 0.6) is 5.75 Å². The highest BCUT2D eigenvalue weighted by atomic mass is 32.2. The van der Waals surface area contributed by atoms with E-state index in [9.17, 15) is 8.42 Å². The first kappa shape index (κ1) is 16.0. The molecular weight excluding hydrogens is 306 g/mol. The minimum Gasteiger partial charge on any atom is -0.479 e. The van der Waals surface area contributed by atoms with E-state index in [4.69, 9.17) is 9.26 Å². The highest BCUT2D eigenvalue weighted by Gasteiger charge is 2.23. The number of sulfonamides is 1. The number of aromatic nitrogens is 2. The van der Waals surface area contributed by atoms with Crippen LogP contribution in [0.15, 0.2) is 33.9 Å². The maximum absolute atomic E-state index is 12.1. The summed E-state index contributed by atoms with van der Waals surface area (Å²) < 4.78 is 36.7. The first-order chi connectivity index (χ1) is 10.5. The van der Waals surface area contributed by atoms with Crippen LogP contribution in [0.3, 0.4) is 0 Å². The Morgan fingerprint density at radius 2 is 2.18 bits per heavy atom. The normalized spacial score (nSPS) is 10.8. The molecule has 2 rings (SSSR count). The maximum atomic E-state index is 12.1. The van der Waals surface area contributed by atoms with Crippen molar-refractivity contribution >= 4 is 10.0 Å². The summed E-state index contributed by atoms with van der Waals surface area (Å²) in [6.45, 7) is 3.24. The number of aryl methyl sites for hydroxylation is 2. The molecule has 7 nitrogen and oxygen atoms in total. The summed E-state index contributed by atoms with van der Waals surface area (Å²) in [5.41, 5.74) is 0.317. The summed E-state index contributed by atoms with van der Waals surface area (Å²) >= 11 is 0. The Morgan fingerprint density at radius 3 is 2.82 bits per heavy atom. The lowest BCUT2D eigenvalue weighted by molar-refractivity contribution is 0.368. The van der Waals surface area contributed by atoms with E-state index in [2.05, 4.69) is 26.7 Å². The van der Waals surface area contributed by atoms with Gasteiger partial charge in [-0.05, 0) is 26.0 Å². The van der Waals surface area contributed by atoms with Crippen molar-refractivity contribution in [3.63, 3.8) is 0 Å². The van der Waals surface area contributed by atoms with Gasteiger partial charge >= 0.3 is 0 Å². The third-order valence-electron chi connectivity index (χ3n) is 2.66. The number of ether oxygens (including phenoxy) is 1. The van der Waals surface area contributed by atoms with E-state index in [-0.39, 0.29) is 23.8 Å². The van der Waals surface area contributed by atoms with E-state index >= 15 is 0 Å². The molecule has 0 bridgehead atoms. The van der Waals surface area contributed by atoms with E-state index in [1.54, 1.807) is 38.4 Å². The Hall–Kier alpha value is -2.37. The van der Waals surface area contributed by atoms with Crippen molar-refractivity contribution in [2.45, 2.75) is 18.7 Å². The summed E-state index contributed by atoms with van der Waals surface area (Å²) in [7, 11) is -3.68. The van der Waals surface area contributed by atoms with Crippen LogP contribution in [0.1, 0.15) is 11.5 Å². The molecule has 1 N–H and O–H groups in total. The molecule has 116 valence electrons. The summed E-state index contributed by atoms with van der Waals surface area (Å²) in [5.74, 6) is 6.24. The number of hydrogen-bond donors (Lipinski definition) is 1. The van der Waals surface area contributed by atoms with Gasteiger partial charge in [-0.25, -0.2) is 8.42 Å². The number of nitrogens with one attached hydrogen (secondary N) is 1. The van der Waals surface area contributed by atoms with Gasteiger partial charge in [-0.1, -0.05) is 17.0 Å². The zero-order valence-corrected chi connectivity index (χ0v) is 13.0. The first-order valence-corrected chi connectivity index (χ1v) is 7.90. The van der Waals surface area contributed by atoms with Crippen LogP contribution in [-0.2, 0) is 10.0 Å². The van der Waals surface area contributed by atoms with Crippen LogP contribution in [0, 0.1) is 25.7 Å². The van der Waals surface area contributed by atoms with Gasteiger partial charge in [-0.2, -0.15) is 4.72 Å². The first-order valence-electron chi connectivity index (χ1n) is 6.42. The van der Waals surface area contributed by atoms with Crippen molar-refractivity contribution in [1.29, 1.82) is 0 Å². The zero-order chi connectivity index (χ0) is 16.0. The van der Waals surface area contributed by atoms with Crippen LogP contribution < -0.4 is 9.46 Å². The molecule has 0 aliphatic heterocycles. The minimum atomic E-state index is -3.68. The topological polar surface area (TPSA) is 94.3 Å². The summed E-state index contributed by atoms with van der Waals surface area (Å²) in [5, 5.41) is 3.62. The van der Waals surface area contributed by atoms with E-state index in [0.717, 1.165) is 0 Å². The van der Waals surface area contributed by atoms with Crippen LogP contribution in [-0.4, -0.2) is 31.7 Å². The van der Waals surface area contributed by atoms with Gasteiger partial charge in [0.25, 0.3) is 0 Å². The minimum absolute atomic E-state index is 0.0250. The number of nitrogens with zero attached hydrogens (tertiary/aromatic N) is 2. The Labute approximate surface area is 128 Å². The summed E-state index contributed by atoms with van der Waals surface area (Å²) in [4.78, 5) is 3.95. The van der Waals surface area contributed by atoms with Crippen molar-refractivity contribution in [3.8, 4) is 17.6 Å². The largest absolute Gasteiger partial charge is 0.479 e. The predicted octanol–water partition coefficient (Wildman–Crippen LogP) is 1.05. The fourth-order valence-electron chi connectivity index (χ4n) is 1.73. The average molecular weight is 321 g/mol. The van der Waals surface area contributed by atoms with E-state index in [1.165, 1.54) is 0 Å². The molecule has 0 atom stereocenters. The molecule has 0 fully saturated rings. The monoisotopic (exact) mass is 321 g/mol. The SMILES string of the molecule is Cc1noc(C)c1S(=O)(=O)NCC#CCOc1cccnc1. The lowest BCUT2D eigenvalue weighted by atomic mass is 10.4. The molecule has 0 saturated carbocycles. The van der Waals surface area contributed by atoms with Gasteiger partial charge in [0.1, 0.15) is 22.9 Å². The van der Waals surface area contributed by atoms with E-state index < -0.39 is 10.0 Å². The molecule has 0 saturated heterocycles. The molecule has 0 aliphatic rings. The highest BCUT2D eigenvalue weighted by Crippen LogP contribution is 2.18. The van der Waals surface area contributed by atoms with Gasteiger partial charge in [-0.15, -0.1) is 0 Å². The second kappa shape index (κ2) is 7.06. The molecule has 2 aromatic rings. The smallest absolute Gasteiger partial charge is 0.246 e. The summed E-state index contributed by atoms with van der Waals surface area (Å²) in [6, 6.07) is 3.51. The lowest BCUT2D eigenvalue weighted by Crippen LogP contribution is -2.25. The molecule has 0 spiro atoms. The van der Waals surface area contributed by atoms with Crippen molar-refractivity contribution in [2.75, 3.05) is 13.2 Å². The molecule has 0 aromatic carbocycles. The third-order valence-corrected chi connectivity index (χ3v) is 4.30. The van der Waals surface area contributed by atoms with Crippen molar-refractivity contribution in [2.24, 2.45) is 0 Å². The third kappa shape index (κ3) is 4.07. The predicted molar refractivity (Wildman–Crippen MR) is 78.7 cm³/mol. The summed E-state index contributed by atoms with van der Waals surface area (Å²) in [6.07, 6.45) is 3.21. The maximum Gasteiger partial charge on any atom is 0.246 e. The molecule has 0 amide bonds. The standard InChI is InChI=1S/C14H15N3O4S/c1-11-14(12(2)21-17-11)22(18,19)16-8-3-4-9-20-13-6-5-7-15-10-13/h5-7,10,16H,8-9H2,1-2H3. The Balaban J connectivity index is 1.85. The number of pyridine rings is 1. The fourth-order valence-corrected chi connectivity index (χ4v) is 2.98. The van der Waals surface area contributed by atoms with Crippen molar-refractivity contribution in [3.05, 3.63) is 36.0 Å². The highest BCUT2D eigenvalue weighted by molar-refractivity contribution is 7.89. The van der Waals surface area contributed by atoms with E-state index in [1.807, 2.05) is 0 Å². The molecule has 22 heavy (non-hydrogen) atoms. The van der Waals surface area contributed by atoms with Gasteiger partial charge in [0, 0.05) is 6.20 Å². The van der Waals surface area contributed by atoms with Crippen LogP contribution in [0.4, 0.5) is 0 Å². The van der Waals surface area contributed by atoms with Gasteiger partial charge in [-0.3, -0.25) is 4.98 Å². The molecule has 0 aliphatic carbocycles. The molecular formula is C14H15N3O4S. The van der Waals surface area contributed by atoms with Gasteiger partial charge in [0.2, 0.25) is 10.0 Å². The van der Waals surface area contributed by atoms with Gasteiger partial charge in [0.05, 0.1) is 12.7 Å².